The Labute approximate surface area is 233 Å². The summed E-state index contributed by atoms with van der Waals surface area (Å²) >= 11 is 0. The Morgan fingerprint density at radius 2 is 0.875 bits per heavy atom. The minimum atomic E-state index is -0.383. The third kappa shape index (κ3) is 6.72. The molecule has 0 saturated carbocycles. The van der Waals surface area contributed by atoms with E-state index in [1.54, 1.807) is 0 Å². The van der Waals surface area contributed by atoms with Gasteiger partial charge in [0.25, 0.3) is 5.56 Å². The lowest BCUT2D eigenvalue weighted by Gasteiger charge is -2.20. The van der Waals surface area contributed by atoms with Crippen LogP contribution in [-0.4, -0.2) is 22.3 Å². The van der Waals surface area contributed by atoms with Crippen molar-refractivity contribution in [3.05, 3.63) is 177 Å². The summed E-state index contributed by atoms with van der Waals surface area (Å²) < 4.78 is 15.3. The van der Waals surface area contributed by atoms with Crippen LogP contribution in [-0.2, 0) is 22.6 Å². The number of nitrogens with zero attached hydrogens (tertiary/aromatic N) is 2. The zero-order chi connectivity index (χ0) is 27.6. The average molecular weight is 533 g/mol. The molecule has 0 atom stereocenters. The van der Waals surface area contributed by atoms with Crippen molar-refractivity contribution < 1.29 is 9.47 Å². The summed E-state index contributed by atoms with van der Waals surface area (Å²) in [6, 6.07) is 41.3. The van der Waals surface area contributed by atoms with Crippen molar-refractivity contribution in [2.24, 2.45) is 0 Å². The molecule has 0 spiro atoms. The summed E-state index contributed by atoms with van der Waals surface area (Å²) in [4.78, 5) is 25.9. The fourth-order valence-corrected chi connectivity index (χ4v) is 4.74. The number of rotatable bonds is 12. The van der Waals surface area contributed by atoms with Crippen LogP contribution in [0.25, 0.3) is 0 Å². The Morgan fingerprint density at radius 1 is 0.500 bits per heavy atom. The molecule has 0 N–H and O–H groups in total. The molecule has 0 aliphatic carbocycles. The van der Waals surface area contributed by atoms with Crippen LogP contribution < -0.4 is 11.2 Å². The Balaban J connectivity index is 1.26. The highest BCUT2D eigenvalue weighted by Crippen LogP contribution is 2.26. The molecule has 5 rings (SSSR count). The molecule has 5 aromatic rings. The predicted octanol–water partition coefficient (Wildman–Crippen LogP) is 5.62. The van der Waals surface area contributed by atoms with E-state index in [0.717, 1.165) is 22.3 Å². The first-order valence-electron chi connectivity index (χ1n) is 13.4. The van der Waals surface area contributed by atoms with Gasteiger partial charge in [-0.25, -0.2) is 4.79 Å². The van der Waals surface area contributed by atoms with Crippen LogP contribution in [0.1, 0.15) is 34.5 Å². The standard InChI is InChI=1S/C34H32N2O4/c37-31-21-22-35(23-25-39-32(27-13-5-1-6-14-27)28-15-7-2-8-16-28)34(38)36(31)24-26-40-33(29-17-9-3-10-18-29)30-19-11-4-12-20-30/h1-22,32-33H,23-26H2. The third-order valence-electron chi connectivity index (χ3n) is 6.77. The number of benzene rings is 4. The molecule has 202 valence electrons. The van der Waals surface area contributed by atoms with Crippen LogP contribution in [0.3, 0.4) is 0 Å². The Kier molecular flexibility index (Phi) is 9.14. The van der Waals surface area contributed by atoms with Crippen molar-refractivity contribution in [3.63, 3.8) is 0 Å². The largest absolute Gasteiger partial charge is 0.367 e. The van der Waals surface area contributed by atoms with Crippen molar-refractivity contribution >= 4 is 0 Å². The summed E-state index contributed by atoms with van der Waals surface area (Å²) in [6.45, 7) is 0.959. The average Bonchev–Trinajstić information content (AvgIpc) is 3.01. The van der Waals surface area contributed by atoms with Gasteiger partial charge < -0.3 is 9.47 Å². The van der Waals surface area contributed by atoms with E-state index in [2.05, 4.69) is 0 Å². The van der Waals surface area contributed by atoms with Gasteiger partial charge in [-0.15, -0.1) is 0 Å². The molecule has 6 nitrogen and oxygen atoms in total. The van der Waals surface area contributed by atoms with Gasteiger partial charge in [0.2, 0.25) is 0 Å². The molecule has 0 saturated heterocycles. The number of aromatic nitrogens is 2. The molecule has 4 aromatic carbocycles. The monoisotopic (exact) mass is 532 g/mol. The molecule has 1 heterocycles. The quantitative estimate of drug-likeness (QED) is 0.209. The molecule has 6 heteroatoms. The highest BCUT2D eigenvalue weighted by Gasteiger charge is 2.16. The molecule has 0 radical (unpaired) electrons. The summed E-state index contributed by atoms with van der Waals surface area (Å²) in [5, 5.41) is 0. The summed E-state index contributed by atoms with van der Waals surface area (Å²) in [5.74, 6) is 0. The lowest BCUT2D eigenvalue weighted by Crippen LogP contribution is -2.40. The predicted molar refractivity (Wildman–Crippen MR) is 156 cm³/mol. The minimum Gasteiger partial charge on any atom is -0.367 e. The van der Waals surface area contributed by atoms with Crippen LogP contribution >= 0.6 is 0 Å². The highest BCUT2D eigenvalue weighted by atomic mass is 16.5. The SMILES string of the molecule is O=c1ccn(CCOC(c2ccccc2)c2ccccc2)c(=O)n1CCOC(c1ccccc1)c1ccccc1. The van der Waals surface area contributed by atoms with E-state index in [1.165, 1.54) is 21.4 Å². The smallest absolute Gasteiger partial charge is 0.331 e. The second-order valence-corrected chi connectivity index (χ2v) is 9.43. The Bertz CT molecular complexity index is 1500. The first-order valence-corrected chi connectivity index (χ1v) is 13.4. The normalized spacial score (nSPS) is 11.2. The molecule has 0 unspecified atom stereocenters. The first-order chi connectivity index (χ1) is 19.7. The van der Waals surface area contributed by atoms with Crippen LogP contribution in [0.4, 0.5) is 0 Å². The van der Waals surface area contributed by atoms with Gasteiger partial charge in [0.05, 0.1) is 26.3 Å². The molecule has 0 aliphatic heterocycles. The number of hydrogen-bond donors (Lipinski definition) is 0. The lowest BCUT2D eigenvalue weighted by atomic mass is 10.0. The van der Waals surface area contributed by atoms with Crippen LogP contribution in [0.5, 0.6) is 0 Å². The van der Waals surface area contributed by atoms with Gasteiger partial charge in [0.15, 0.2) is 0 Å². The Morgan fingerprint density at radius 3 is 1.27 bits per heavy atom. The van der Waals surface area contributed by atoms with Crippen molar-refractivity contribution in [3.8, 4) is 0 Å². The van der Waals surface area contributed by atoms with Gasteiger partial charge in [0, 0.05) is 12.3 Å². The summed E-state index contributed by atoms with van der Waals surface area (Å²) in [6.07, 6.45) is 0.970. The summed E-state index contributed by atoms with van der Waals surface area (Å²) in [5.41, 5.74) is 3.36. The van der Waals surface area contributed by atoms with Crippen molar-refractivity contribution in [2.75, 3.05) is 13.2 Å². The van der Waals surface area contributed by atoms with Gasteiger partial charge in [-0.1, -0.05) is 121 Å². The topological polar surface area (TPSA) is 62.5 Å². The number of ether oxygens (including phenoxy) is 2. The van der Waals surface area contributed by atoms with Gasteiger partial charge in [-0.2, -0.15) is 0 Å². The molecule has 0 amide bonds. The van der Waals surface area contributed by atoms with Crippen molar-refractivity contribution in [1.29, 1.82) is 0 Å². The molecule has 1 aromatic heterocycles. The minimum absolute atomic E-state index is 0.145. The maximum absolute atomic E-state index is 13.2. The van der Waals surface area contributed by atoms with E-state index in [-0.39, 0.29) is 36.6 Å². The van der Waals surface area contributed by atoms with Gasteiger partial charge in [-0.3, -0.25) is 13.9 Å². The molecular weight excluding hydrogens is 500 g/mol. The van der Waals surface area contributed by atoms with E-state index in [1.807, 2.05) is 121 Å². The van der Waals surface area contributed by atoms with Crippen LogP contribution in [0, 0.1) is 0 Å². The van der Waals surface area contributed by atoms with E-state index < -0.39 is 0 Å². The van der Waals surface area contributed by atoms with E-state index >= 15 is 0 Å². The highest BCUT2D eigenvalue weighted by molar-refractivity contribution is 5.31. The fraction of sp³-hybridized carbons (Fsp3) is 0.176. The maximum Gasteiger partial charge on any atom is 0.331 e. The van der Waals surface area contributed by atoms with E-state index in [0.29, 0.717) is 13.2 Å². The summed E-state index contributed by atoms with van der Waals surface area (Å²) in [7, 11) is 0. The molecule has 40 heavy (non-hydrogen) atoms. The maximum atomic E-state index is 13.2. The molecule has 0 aliphatic rings. The second-order valence-electron chi connectivity index (χ2n) is 9.43. The van der Waals surface area contributed by atoms with E-state index in [4.69, 9.17) is 9.47 Å². The Hall–Kier alpha value is -4.52. The van der Waals surface area contributed by atoms with Gasteiger partial charge >= 0.3 is 5.69 Å². The zero-order valence-electron chi connectivity index (χ0n) is 22.2. The molecule has 0 bridgehead atoms. The zero-order valence-corrected chi connectivity index (χ0v) is 22.2. The second kappa shape index (κ2) is 13.5. The lowest BCUT2D eigenvalue weighted by molar-refractivity contribution is 0.0691. The van der Waals surface area contributed by atoms with Crippen molar-refractivity contribution in [2.45, 2.75) is 25.3 Å². The van der Waals surface area contributed by atoms with Gasteiger partial charge in [0.1, 0.15) is 12.2 Å². The van der Waals surface area contributed by atoms with Crippen LogP contribution in [0.15, 0.2) is 143 Å². The third-order valence-corrected chi connectivity index (χ3v) is 6.77. The fourth-order valence-electron chi connectivity index (χ4n) is 4.74. The van der Waals surface area contributed by atoms with E-state index in [9.17, 15) is 9.59 Å². The first kappa shape index (κ1) is 27.1. The molecular formula is C34H32N2O4. The van der Waals surface area contributed by atoms with Crippen molar-refractivity contribution in [1.82, 2.24) is 9.13 Å². The van der Waals surface area contributed by atoms with Gasteiger partial charge in [-0.05, 0) is 22.3 Å². The number of hydrogen-bond acceptors (Lipinski definition) is 4. The van der Waals surface area contributed by atoms with Crippen LogP contribution in [0.2, 0.25) is 0 Å². The molecule has 0 fully saturated rings.